The van der Waals surface area contributed by atoms with Crippen LogP contribution >= 0.6 is 0 Å². The van der Waals surface area contributed by atoms with Gasteiger partial charge in [-0.15, -0.1) is 0 Å². The van der Waals surface area contributed by atoms with Crippen molar-refractivity contribution in [3.05, 3.63) is 35.9 Å². The van der Waals surface area contributed by atoms with Crippen LogP contribution in [0.25, 0.3) is 0 Å². The summed E-state index contributed by atoms with van der Waals surface area (Å²) >= 11 is 0. The van der Waals surface area contributed by atoms with Gasteiger partial charge in [-0.2, -0.15) is 0 Å². The molecule has 4 heteroatoms. The van der Waals surface area contributed by atoms with E-state index in [1.165, 1.54) is 18.2 Å². The van der Waals surface area contributed by atoms with E-state index in [0.29, 0.717) is 5.56 Å². The first-order chi connectivity index (χ1) is 13.1. The maximum Gasteiger partial charge on any atom is 0.220 e. The number of phenols is 1. The summed E-state index contributed by atoms with van der Waals surface area (Å²) < 4.78 is 57.8. The van der Waals surface area contributed by atoms with Crippen molar-refractivity contribution >= 4 is 5.91 Å². The van der Waals surface area contributed by atoms with Gasteiger partial charge in [0.25, 0.3) is 0 Å². The van der Waals surface area contributed by atoms with Crippen LogP contribution in [0.1, 0.15) is 54.6 Å². The Hall–Kier alpha value is -1.97. The van der Waals surface area contributed by atoms with E-state index in [4.69, 9.17) is 9.60 Å². The van der Waals surface area contributed by atoms with E-state index in [2.05, 4.69) is 10.1 Å². The second kappa shape index (κ2) is 9.87. The van der Waals surface area contributed by atoms with Crippen LogP contribution in [-0.4, -0.2) is 18.1 Å². The Kier molecular flexibility index (Phi) is 4.46. The van der Waals surface area contributed by atoms with Crippen molar-refractivity contribution in [1.82, 2.24) is 5.32 Å². The highest BCUT2D eigenvalue weighted by Crippen LogP contribution is 2.26. The molecule has 0 aromatic heterocycles. The maximum atomic E-state index is 12.1. The summed E-state index contributed by atoms with van der Waals surface area (Å²) in [6.07, 6.45) is -2.09. The Morgan fingerprint density at radius 1 is 1.50 bits per heavy atom. The quantitative estimate of drug-likeness (QED) is 0.682. The molecular formula is C18H27NO3. The Morgan fingerprint density at radius 3 is 3.05 bits per heavy atom. The lowest BCUT2D eigenvalue weighted by Gasteiger charge is -2.08. The number of nitrogens with one attached hydrogen (secondary N) is 1. The molecule has 0 unspecified atom stereocenters. The van der Waals surface area contributed by atoms with Gasteiger partial charge in [0.15, 0.2) is 11.5 Å². The topological polar surface area (TPSA) is 58.6 Å². The summed E-state index contributed by atoms with van der Waals surface area (Å²) in [5.74, 6) is -1.11. The number of hydrogen-bond acceptors (Lipinski definition) is 3. The van der Waals surface area contributed by atoms with Gasteiger partial charge >= 0.3 is 0 Å². The average Bonchev–Trinajstić information content (AvgIpc) is 2.53. The molecule has 0 atom stereocenters. The molecule has 2 N–H and O–H groups in total. The molecule has 0 aliphatic carbocycles. The Morgan fingerprint density at radius 2 is 2.32 bits per heavy atom. The van der Waals surface area contributed by atoms with Gasteiger partial charge in [0, 0.05) is 18.4 Å². The van der Waals surface area contributed by atoms with Gasteiger partial charge in [-0.05, 0) is 42.8 Å². The lowest BCUT2D eigenvalue weighted by molar-refractivity contribution is -0.121. The fraction of sp³-hybridized carbons (Fsp3) is 0.500. The summed E-state index contributed by atoms with van der Waals surface area (Å²) in [5, 5.41) is 12.1. The number of hydrogen-bond donors (Lipinski definition) is 2. The van der Waals surface area contributed by atoms with Gasteiger partial charge < -0.3 is 15.2 Å². The third-order valence-corrected chi connectivity index (χ3v) is 2.74. The van der Waals surface area contributed by atoms with Gasteiger partial charge in [-0.1, -0.05) is 32.1 Å². The van der Waals surface area contributed by atoms with E-state index in [9.17, 15) is 9.90 Å². The van der Waals surface area contributed by atoms with Crippen molar-refractivity contribution in [3.8, 4) is 11.5 Å². The Labute approximate surface area is 143 Å². The van der Waals surface area contributed by atoms with Crippen molar-refractivity contribution in [3.63, 3.8) is 0 Å². The number of amides is 1. The zero-order chi connectivity index (χ0) is 22.5. The number of aromatic hydroxyl groups is 1. The molecule has 0 aliphatic rings. The maximum absolute atomic E-state index is 12.1. The van der Waals surface area contributed by atoms with Crippen LogP contribution in [0.4, 0.5) is 0 Å². The number of allylic oxidation sites excluding steroid dienone is 2. The molecule has 0 aliphatic heterocycles. The summed E-state index contributed by atoms with van der Waals surface area (Å²) in [5.41, 5.74) is 0.429. The van der Waals surface area contributed by atoms with Crippen molar-refractivity contribution in [2.75, 3.05) is 7.04 Å². The number of ether oxygens (including phenoxy) is 1. The Bertz CT molecular complexity index is 731. The number of benzene rings is 1. The molecule has 1 amide bonds. The van der Waals surface area contributed by atoms with Crippen LogP contribution in [0, 0.1) is 5.92 Å². The van der Waals surface area contributed by atoms with Crippen LogP contribution in [0.5, 0.6) is 11.5 Å². The first-order valence-corrected chi connectivity index (χ1v) is 7.07. The van der Waals surface area contributed by atoms with Crippen LogP contribution in [0.15, 0.2) is 30.4 Å². The van der Waals surface area contributed by atoms with Gasteiger partial charge in [0.2, 0.25) is 5.91 Å². The van der Waals surface area contributed by atoms with Crippen molar-refractivity contribution in [2.45, 2.75) is 46.0 Å². The van der Waals surface area contributed by atoms with Crippen molar-refractivity contribution in [2.24, 2.45) is 5.92 Å². The molecule has 0 heterocycles. The normalized spacial score (nSPS) is 17.7. The average molecular weight is 312 g/mol. The van der Waals surface area contributed by atoms with E-state index < -0.39 is 32.1 Å². The monoisotopic (exact) mass is 312 g/mol. The minimum absolute atomic E-state index is 0.0667. The van der Waals surface area contributed by atoms with Gasteiger partial charge in [-0.3, -0.25) is 4.79 Å². The molecule has 1 aromatic rings. The number of carbonyl (C=O) groups is 1. The molecule has 0 radical (unpaired) electrons. The SMILES string of the molecule is [2H]C([2H])([2H])Oc1cc(CNC(=O)CC([2H])([2H])C([2H])([2H])C/C=C/C(C)C)ccc1O. The first kappa shape index (κ1) is 9.93. The Balaban J connectivity index is 2.72. The largest absolute Gasteiger partial charge is 0.504 e. The summed E-state index contributed by atoms with van der Waals surface area (Å²) in [6.45, 7) is 3.78. The number of methoxy groups -OCH3 is 1. The van der Waals surface area contributed by atoms with Crippen molar-refractivity contribution < 1.29 is 24.2 Å². The van der Waals surface area contributed by atoms with E-state index >= 15 is 0 Å². The molecule has 0 spiro atoms. The van der Waals surface area contributed by atoms with Crippen LogP contribution < -0.4 is 10.1 Å². The molecule has 0 bridgehead atoms. The van der Waals surface area contributed by atoms with E-state index in [1.54, 1.807) is 12.2 Å². The summed E-state index contributed by atoms with van der Waals surface area (Å²) in [6, 6.07) is 3.93. The molecule has 4 nitrogen and oxygen atoms in total. The molecule has 0 saturated carbocycles. The molecule has 0 saturated heterocycles. The molecule has 122 valence electrons. The number of carbonyl (C=O) groups excluding carboxylic acids is 1. The zero-order valence-electron chi connectivity index (χ0n) is 19.8. The molecular weight excluding hydrogens is 278 g/mol. The van der Waals surface area contributed by atoms with Gasteiger partial charge in [0.05, 0.1) is 11.2 Å². The van der Waals surface area contributed by atoms with E-state index in [0.717, 1.165) is 0 Å². The fourth-order valence-electron chi connectivity index (χ4n) is 1.63. The molecule has 0 fully saturated rings. The lowest BCUT2D eigenvalue weighted by Crippen LogP contribution is -2.22. The highest BCUT2D eigenvalue weighted by Gasteiger charge is 2.04. The molecule has 1 aromatic carbocycles. The first-order valence-electron chi connectivity index (χ1n) is 10.6. The van der Waals surface area contributed by atoms with Crippen LogP contribution in [-0.2, 0) is 11.3 Å². The van der Waals surface area contributed by atoms with Gasteiger partial charge in [0.1, 0.15) is 0 Å². The third-order valence-electron chi connectivity index (χ3n) is 2.74. The number of phenolic OH excluding ortho intramolecular Hbond substituents is 1. The van der Waals surface area contributed by atoms with E-state index in [-0.39, 0.29) is 30.4 Å². The fourth-order valence-corrected chi connectivity index (χ4v) is 1.63. The standard InChI is InChI=1S/C18H27NO3/c1-14(2)8-6-4-5-7-9-18(21)19-13-15-10-11-16(20)17(12-15)22-3/h6,8,10-12,14,20H,4-5,7,9,13H2,1-3H3,(H,19,21)/b8-6+/i3D3,5D2,7D2. The predicted octanol–water partition coefficient (Wildman–Crippen LogP) is 3.79. The second-order valence-electron chi connectivity index (χ2n) is 5.09. The minimum Gasteiger partial charge on any atom is -0.504 e. The smallest absolute Gasteiger partial charge is 0.220 e. The third kappa shape index (κ3) is 7.16. The predicted molar refractivity (Wildman–Crippen MR) is 89.0 cm³/mol. The lowest BCUT2D eigenvalue weighted by atomic mass is 10.1. The second-order valence-corrected chi connectivity index (χ2v) is 5.09. The number of rotatable bonds is 9. The van der Waals surface area contributed by atoms with Gasteiger partial charge in [-0.25, -0.2) is 0 Å². The highest BCUT2D eigenvalue weighted by molar-refractivity contribution is 5.75. The summed E-state index contributed by atoms with van der Waals surface area (Å²) in [7, 11) is -2.75. The minimum atomic E-state index is -2.75. The summed E-state index contributed by atoms with van der Waals surface area (Å²) in [4.78, 5) is 12.1. The zero-order valence-corrected chi connectivity index (χ0v) is 12.8. The van der Waals surface area contributed by atoms with E-state index in [1.807, 2.05) is 13.8 Å². The van der Waals surface area contributed by atoms with Crippen LogP contribution in [0.2, 0.25) is 0 Å². The van der Waals surface area contributed by atoms with Crippen molar-refractivity contribution in [1.29, 1.82) is 0 Å². The molecule has 22 heavy (non-hydrogen) atoms. The van der Waals surface area contributed by atoms with Crippen LogP contribution in [0.3, 0.4) is 0 Å². The molecule has 1 rings (SSSR count). The highest BCUT2D eigenvalue weighted by atomic mass is 16.5.